The van der Waals surface area contributed by atoms with E-state index in [1.807, 2.05) is 44.2 Å². The van der Waals surface area contributed by atoms with Crippen LogP contribution in [0.3, 0.4) is 0 Å². The number of likely N-dealkylation sites (tertiary alicyclic amines) is 2. The van der Waals surface area contributed by atoms with E-state index in [0.717, 1.165) is 55.9 Å². The Balaban J connectivity index is 1.24. The van der Waals surface area contributed by atoms with E-state index >= 15 is 0 Å². The molecule has 0 aromatic heterocycles. The van der Waals surface area contributed by atoms with Gasteiger partial charge in [-0.1, -0.05) is 51.8 Å². The van der Waals surface area contributed by atoms with Gasteiger partial charge in [0.1, 0.15) is 11.6 Å². The van der Waals surface area contributed by atoms with Crippen molar-refractivity contribution >= 4 is 23.4 Å². The lowest BCUT2D eigenvalue weighted by molar-refractivity contribution is -0.141. The lowest BCUT2D eigenvalue weighted by Crippen LogP contribution is -2.58. The number of nitrogens with one attached hydrogen (secondary N) is 2. The highest BCUT2D eigenvalue weighted by molar-refractivity contribution is 6.02. The van der Waals surface area contributed by atoms with Gasteiger partial charge in [-0.05, 0) is 100 Å². The predicted molar refractivity (Wildman–Crippen MR) is 167 cm³/mol. The summed E-state index contributed by atoms with van der Waals surface area (Å²) in [7, 11) is 0. The Morgan fingerprint density at radius 3 is 2.51 bits per heavy atom. The van der Waals surface area contributed by atoms with E-state index in [1.165, 1.54) is 19.3 Å². The van der Waals surface area contributed by atoms with Crippen molar-refractivity contribution < 1.29 is 19.1 Å². The zero-order valence-corrected chi connectivity index (χ0v) is 26.6. The van der Waals surface area contributed by atoms with Crippen molar-refractivity contribution in [1.82, 2.24) is 15.1 Å². The van der Waals surface area contributed by atoms with Gasteiger partial charge >= 0.3 is 0 Å². The highest BCUT2D eigenvalue weighted by atomic mass is 16.5. The fourth-order valence-corrected chi connectivity index (χ4v) is 8.35. The highest BCUT2D eigenvalue weighted by Crippen LogP contribution is 2.55. The van der Waals surface area contributed by atoms with Crippen LogP contribution < -0.4 is 10.6 Å². The molecular weight excluding hydrogens is 540 g/mol. The molecule has 43 heavy (non-hydrogen) atoms. The maximum atomic E-state index is 14.3. The normalized spacial score (nSPS) is 35.8. The van der Waals surface area contributed by atoms with Gasteiger partial charge in [-0.15, -0.1) is 0 Å². The van der Waals surface area contributed by atoms with E-state index in [-0.39, 0.29) is 23.8 Å². The van der Waals surface area contributed by atoms with E-state index in [1.54, 1.807) is 4.90 Å². The fraction of sp³-hybridized carbons (Fsp3) is 0.686. The van der Waals surface area contributed by atoms with Crippen LogP contribution in [0.5, 0.6) is 0 Å². The molecule has 0 radical (unpaired) electrons. The minimum absolute atomic E-state index is 0.0745. The first kappa shape index (κ1) is 30.3. The summed E-state index contributed by atoms with van der Waals surface area (Å²) in [5.41, 5.74) is 1.83. The minimum atomic E-state index is -1.12. The molecule has 2 bridgehead atoms. The van der Waals surface area contributed by atoms with Gasteiger partial charge in [-0.3, -0.25) is 14.4 Å². The molecule has 4 heterocycles. The molecule has 3 saturated heterocycles. The van der Waals surface area contributed by atoms with Crippen LogP contribution in [0.2, 0.25) is 0 Å². The Bertz CT molecular complexity index is 1270. The van der Waals surface area contributed by atoms with Crippen LogP contribution in [-0.4, -0.2) is 77.5 Å². The molecule has 1 aliphatic carbocycles. The average Bonchev–Trinajstić information content (AvgIpc) is 3.62. The number of piperidine rings is 1. The number of hydrogen-bond donors (Lipinski definition) is 2. The Hall–Kier alpha value is -2.71. The number of ether oxygens (including phenoxy) is 1. The number of fused-ring (bicyclic) bond motifs is 1. The van der Waals surface area contributed by atoms with Crippen LogP contribution in [-0.2, 0) is 19.1 Å². The molecule has 4 fully saturated rings. The van der Waals surface area contributed by atoms with Gasteiger partial charge in [0.05, 0.1) is 17.9 Å². The number of carbonyl (C=O) groups is 3. The first-order valence-corrected chi connectivity index (χ1v) is 16.7. The lowest BCUT2D eigenvalue weighted by atomic mass is 9.73. The van der Waals surface area contributed by atoms with Crippen LogP contribution in [0.1, 0.15) is 70.4 Å². The monoisotopic (exact) mass is 590 g/mol. The number of benzene rings is 1. The number of aryl methyl sites for hydroxylation is 2. The van der Waals surface area contributed by atoms with Crippen molar-refractivity contribution in [3.8, 4) is 0 Å². The van der Waals surface area contributed by atoms with Crippen LogP contribution in [0.15, 0.2) is 30.4 Å². The van der Waals surface area contributed by atoms with Gasteiger partial charge in [0.15, 0.2) is 0 Å². The number of rotatable bonds is 8. The number of anilines is 1. The standard InChI is InChI=1S/C35H50N4O4/c1-21-13-18-38(19-14-21)16-7-17-39-31(33(41)37-27-9-6-8-23(3)25(27)5)35-15-12-28(43-35)29(30(35)34(39)42)32(40)36-26-11-10-22(2)24(4)20-26/h10-12,15,20-21,23,25,27-31H,6-9,13-14,16-19H2,1-5H3,(H,36,40)(H,37,41). The Kier molecular flexibility index (Phi) is 8.46. The molecule has 8 atom stereocenters. The number of amides is 3. The maximum Gasteiger partial charge on any atom is 0.246 e. The number of hydrogen-bond acceptors (Lipinski definition) is 5. The molecule has 5 aliphatic rings. The zero-order chi connectivity index (χ0) is 30.5. The first-order valence-electron chi connectivity index (χ1n) is 16.7. The SMILES string of the molecule is Cc1ccc(NC(=O)C2C3C=CC4(O3)C2C(=O)N(CCCN2CCC(C)CC2)C4C(=O)NC2CCCC(C)C2C)cc1C. The largest absolute Gasteiger partial charge is 0.359 e. The zero-order valence-electron chi connectivity index (χ0n) is 26.6. The molecule has 1 aromatic carbocycles. The molecule has 1 spiro atoms. The Labute approximate surface area is 257 Å². The summed E-state index contributed by atoms with van der Waals surface area (Å²) in [6.45, 7) is 14.4. The summed E-state index contributed by atoms with van der Waals surface area (Å²) in [6.07, 6.45) is 9.70. The predicted octanol–water partition coefficient (Wildman–Crippen LogP) is 4.46. The highest BCUT2D eigenvalue weighted by Gasteiger charge is 2.72. The third-order valence-electron chi connectivity index (χ3n) is 11.5. The van der Waals surface area contributed by atoms with Crippen LogP contribution in [0, 0.1) is 43.4 Å². The molecule has 1 aromatic rings. The van der Waals surface area contributed by atoms with E-state index in [4.69, 9.17) is 4.74 Å². The molecular formula is C35H50N4O4. The summed E-state index contributed by atoms with van der Waals surface area (Å²) in [4.78, 5) is 46.6. The first-order chi connectivity index (χ1) is 20.6. The van der Waals surface area contributed by atoms with Crippen LogP contribution in [0.25, 0.3) is 0 Å². The van der Waals surface area contributed by atoms with E-state index in [0.29, 0.717) is 24.1 Å². The molecule has 8 heteroatoms. The lowest BCUT2D eigenvalue weighted by Gasteiger charge is -2.38. The van der Waals surface area contributed by atoms with E-state index < -0.39 is 29.6 Å². The third kappa shape index (κ3) is 5.54. The molecule has 2 N–H and O–H groups in total. The second kappa shape index (κ2) is 12.0. The smallest absolute Gasteiger partial charge is 0.246 e. The molecule has 1 saturated carbocycles. The van der Waals surface area contributed by atoms with Gasteiger partial charge in [0, 0.05) is 18.3 Å². The van der Waals surface area contributed by atoms with Gasteiger partial charge in [0.25, 0.3) is 0 Å². The summed E-state index contributed by atoms with van der Waals surface area (Å²) in [6, 6.07) is 5.14. The van der Waals surface area contributed by atoms with Gasteiger partial charge in [-0.2, -0.15) is 0 Å². The van der Waals surface area contributed by atoms with Crippen molar-refractivity contribution in [3.63, 3.8) is 0 Å². The summed E-state index contributed by atoms with van der Waals surface area (Å²) >= 11 is 0. The molecule has 4 aliphatic heterocycles. The van der Waals surface area contributed by atoms with Crippen LogP contribution in [0.4, 0.5) is 5.69 Å². The summed E-state index contributed by atoms with van der Waals surface area (Å²) < 4.78 is 6.57. The second-order valence-electron chi connectivity index (χ2n) is 14.3. The summed E-state index contributed by atoms with van der Waals surface area (Å²) in [5, 5.41) is 6.42. The maximum absolute atomic E-state index is 14.3. The third-order valence-corrected chi connectivity index (χ3v) is 11.5. The minimum Gasteiger partial charge on any atom is -0.359 e. The van der Waals surface area contributed by atoms with Crippen molar-refractivity contribution in [3.05, 3.63) is 41.5 Å². The molecule has 234 valence electrons. The number of carbonyl (C=O) groups excluding carboxylic acids is 3. The quantitative estimate of drug-likeness (QED) is 0.437. The van der Waals surface area contributed by atoms with Gasteiger partial charge in [-0.25, -0.2) is 0 Å². The molecule has 6 rings (SSSR count). The number of nitrogens with zero attached hydrogens (tertiary/aromatic N) is 2. The van der Waals surface area contributed by atoms with Crippen LogP contribution >= 0.6 is 0 Å². The van der Waals surface area contributed by atoms with E-state index in [9.17, 15) is 14.4 Å². The fourth-order valence-electron chi connectivity index (χ4n) is 8.35. The van der Waals surface area contributed by atoms with Crippen molar-refractivity contribution in [2.75, 3.05) is 31.5 Å². The van der Waals surface area contributed by atoms with Crippen molar-refractivity contribution in [1.29, 1.82) is 0 Å². The molecule has 8 unspecified atom stereocenters. The van der Waals surface area contributed by atoms with E-state index in [2.05, 4.69) is 36.3 Å². The van der Waals surface area contributed by atoms with Crippen molar-refractivity contribution in [2.45, 2.75) is 96.9 Å². The molecule has 3 amide bonds. The van der Waals surface area contributed by atoms with Gasteiger partial charge < -0.3 is 25.2 Å². The summed E-state index contributed by atoms with van der Waals surface area (Å²) in [5.74, 6) is -0.241. The molecule has 8 nitrogen and oxygen atoms in total. The second-order valence-corrected chi connectivity index (χ2v) is 14.3. The topological polar surface area (TPSA) is 91.0 Å². The Morgan fingerprint density at radius 2 is 1.77 bits per heavy atom. The average molecular weight is 591 g/mol. The Morgan fingerprint density at radius 1 is 1.00 bits per heavy atom. The van der Waals surface area contributed by atoms with Crippen molar-refractivity contribution in [2.24, 2.45) is 29.6 Å². The van der Waals surface area contributed by atoms with Gasteiger partial charge in [0.2, 0.25) is 17.7 Å².